The van der Waals surface area contributed by atoms with Crippen LogP contribution in [0.25, 0.3) is 0 Å². The zero-order valence-electron chi connectivity index (χ0n) is 9.75. The largest absolute Gasteiger partial charge is 0.250 e. The minimum absolute atomic E-state index is 0.243. The third-order valence-corrected chi connectivity index (χ3v) is 7.83. The maximum Gasteiger partial charge on any atom is 0.250 e. The number of hydrogen-bond acceptors (Lipinski definition) is 3. The summed E-state index contributed by atoms with van der Waals surface area (Å²) in [5.74, 6) is 0.555. The van der Waals surface area contributed by atoms with Gasteiger partial charge in [-0.1, -0.05) is 34.5 Å². The summed E-state index contributed by atoms with van der Waals surface area (Å²) in [6.45, 7) is 2.58. The molecule has 104 valence electrons. The first-order valence-corrected chi connectivity index (χ1v) is 9.96. The Labute approximate surface area is 134 Å². The minimum atomic E-state index is -3.42. The predicted molar refractivity (Wildman–Crippen MR) is 84.4 cm³/mol. The molecule has 0 aliphatic carbocycles. The first-order valence-electron chi connectivity index (χ1n) is 5.37. The Bertz CT molecular complexity index is 471. The highest BCUT2D eigenvalue weighted by Gasteiger charge is 2.18. The van der Waals surface area contributed by atoms with Crippen LogP contribution in [0.3, 0.4) is 0 Å². The second-order valence-electron chi connectivity index (χ2n) is 3.99. The molecule has 0 radical (unpaired) electrons. The van der Waals surface area contributed by atoms with Crippen LogP contribution in [0.5, 0.6) is 0 Å². The lowest BCUT2D eigenvalue weighted by atomic mass is 10.1. The third kappa shape index (κ3) is 5.09. The molecule has 0 aromatic carbocycles. The third-order valence-electron chi connectivity index (χ3n) is 2.32. The average Bonchev–Trinajstić information content (AvgIpc) is 2.66. The van der Waals surface area contributed by atoms with Crippen LogP contribution in [0, 0.1) is 5.92 Å². The van der Waals surface area contributed by atoms with Crippen molar-refractivity contribution < 1.29 is 8.42 Å². The minimum Gasteiger partial charge on any atom is -0.210 e. The maximum absolute atomic E-state index is 11.9. The Kier molecular flexibility index (Phi) is 7.13. The lowest BCUT2D eigenvalue weighted by Crippen LogP contribution is -2.24. The SMILES string of the molecule is CC(CBr)CCCNS(=O)(=O)c1cc(Cl)c(Br)s1. The summed E-state index contributed by atoms with van der Waals surface area (Å²) < 4.78 is 27.3. The first kappa shape index (κ1) is 16.9. The van der Waals surface area contributed by atoms with Crippen LogP contribution < -0.4 is 4.72 Å². The van der Waals surface area contributed by atoms with Gasteiger partial charge in [-0.25, -0.2) is 13.1 Å². The summed E-state index contributed by atoms with van der Waals surface area (Å²) in [4.78, 5) is 0. The van der Waals surface area contributed by atoms with E-state index in [1.807, 2.05) is 0 Å². The zero-order chi connectivity index (χ0) is 13.8. The Morgan fingerprint density at radius 1 is 1.56 bits per heavy atom. The molecule has 1 N–H and O–H groups in total. The average molecular weight is 440 g/mol. The summed E-state index contributed by atoms with van der Waals surface area (Å²) in [6, 6.07) is 1.46. The summed E-state index contributed by atoms with van der Waals surface area (Å²) in [5.41, 5.74) is 0. The smallest absolute Gasteiger partial charge is 0.210 e. The van der Waals surface area contributed by atoms with Gasteiger partial charge in [0.15, 0.2) is 0 Å². The van der Waals surface area contributed by atoms with Crippen LogP contribution in [0.4, 0.5) is 0 Å². The van der Waals surface area contributed by atoms with E-state index in [0.717, 1.165) is 29.5 Å². The molecule has 0 saturated heterocycles. The number of hydrogen-bond donors (Lipinski definition) is 1. The van der Waals surface area contributed by atoms with Crippen LogP contribution >= 0.6 is 54.8 Å². The van der Waals surface area contributed by atoms with Gasteiger partial charge in [0.05, 0.1) is 8.81 Å². The number of rotatable bonds is 7. The van der Waals surface area contributed by atoms with Gasteiger partial charge in [-0.15, -0.1) is 11.3 Å². The Morgan fingerprint density at radius 3 is 2.72 bits per heavy atom. The molecular weight excluding hydrogens is 426 g/mol. The highest BCUT2D eigenvalue weighted by atomic mass is 79.9. The molecule has 1 aromatic heterocycles. The van der Waals surface area contributed by atoms with E-state index in [4.69, 9.17) is 11.6 Å². The molecule has 3 nitrogen and oxygen atoms in total. The first-order chi connectivity index (χ1) is 8.36. The molecule has 0 aliphatic heterocycles. The molecule has 18 heavy (non-hydrogen) atoms. The van der Waals surface area contributed by atoms with Crippen molar-refractivity contribution in [1.82, 2.24) is 4.72 Å². The van der Waals surface area contributed by atoms with E-state index >= 15 is 0 Å². The summed E-state index contributed by atoms with van der Waals surface area (Å²) in [5, 5.41) is 1.36. The van der Waals surface area contributed by atoms with E-state index in [0.29, 0.717) is 21.3 Å². The van der Waals surface area contributed by atoms with Crippen molar-refractivity contribution in [2.24, 2.45) is 5.92 Å². The van der Waals surface area contributed by atoms with Crippen molar-refractivity contribution in [3.8, 4) is 0 Å². The molecule has 1 aromatic rings. The summed E-state index contributed by atoms with van der Waals surface area (Å²) in [7, 11) is -3.42. The van der Waals surface area contributed by atoms with Gasteiger partial charge in [-0.3, -0.25) is 0 Å². The standard InChI is InChI=1S/C10H14Br2ClNO2S2/c1-7(6-11)3-2-4-14-18(15,16)9-5-8(13)10(12)17-9/h5,7,14H,2-4,6H2,1H3. The molecule has 1 heterocycles. The number of alkyl halides is 1. The van der Waals surface area contributed by atoms with Gasteiger partial charge in [0.25, 0.3) is 0 Å². The summed E-state index contributed by atoms with van der Waals surface area (Å²) >= 11 is 13.5. The van der Waals surface area contributed by atoms with E-state index in [1.165, 1.54) is 6.07 Å². The predicted octanol–water partition coefficient (Wildman–Crippen LogP) is 4.25. The molecule has 1 atom stereocenters. The van der Waals surface area contributed by atoms with Crippen molar-refractivity contribution >= 4 is 64.8 Å². The van der Waals surface area contributed by atoms with E-state index in [2.05, 4.69) is 43.5 Å². The molecule has 8 heteroatoms. The molecule has 1 unspecified atom stereocenters. The molecule has 0 aliphatic rings. The molecule has 0 fully saturated rings. The van der Waals surface area contributed by atoms with Crippen molar-refractivity contribution in [3.05, 3.63) is 14.9 Å². The van der Waals surface area contributed by atoms with Crippen LogP contribution in [-0.4, -0.2) is 20.3 Å². The van der Waals surface area contributed by atoms with Gasteiger partial charge in [0.2, 0.25) is 10.0 Å². The monoisotopic (exact) mass is 437 g/mol. The molecule has 1 rings (SSSR count). The van der Waals surface area contributed by atoms with Crippen LogP contribution in [0.15, 0.2) is 14.1 Å². The van der Waals surface area contributed by atoms with E-state index < -0.39 is 10.0 Å². The summed E-state index contributed by atoms with van der Waals surface area (Å²) in [6.07, 6.45) is 1.81. The van der Waals surface area contributed by atoms with E-state index in [-0.39, 0.29) is 4.21 Å². The number of halogens is 3. The van der Waals surface area contributed by atoms with Crippen molar-refractivity contribution in [2.75, 3.05) is 11.9 Å². The maximum atomic E-state index is 11.9. The second-order valence-corrected chi connectivity index (χ2v) is 9.41. The lowest BCUT2D eigenvalue weighted by Gasteiger charge is -2.07. The molecule has 0 amide bonds. The zero-order valence-corrected chi connectivity index (χ0v) is 15.3. The van der Waals surface area contributed by atoms with Gasteiger partial charge >= 0.3 is 0 Å². The van der Waals surface area contributed by atoms with Gasteiger partial charge in [0.1, 0.15) is 4.21 Å². The fourth-order valence-corrected chi connectivity index (χ4v) is 5.11. The fraction of sp³-hybridized carbons (Fsp3) is 0.600. The van der Waals surface area contributed by atoms with Crippen LogP contribution in [0.2, 0.25) is 5.02 Å². The molecular formula is C10H14Br2ClNO2S2. The van der Waals surface area contributed by atoms with Crippen LogP contribution in [0.1, 0.15) is 19.8 Å². The number of thiophene rings is 1. The van der Waals surface area contributed by atoms with E-state index in [9.17, 15) is 8.42 Å². The number of sulfonamides is 1. The van der Waals surface area contributed by atoms with Crippen LogP contribution in [-0.2, 0) is 10.0 Å². The van der Waals surface area contributed by atoms with Crippen molar-refractivity contribution in [3.63, 3.8) is 0 Å². The lowest BCUT2D eigenvalue weighted by molar-refractivity contribution is 0.547. The second kappa shape index (κ2) is 7.59. The molecule has 0 spiro atoms. The quantitative estimate of drug-likeness (QED) is 0.510. The highest BCUT2D eigenvalue weighted by molar-refractivity contribution is 9.11. The topological polar surface area (TPSA) is 46.2 Å². The van der Waals surface area contributed by atoms with Gasteiger partial charge in [-0.05, 0) is 40.8 Å². The molecule has 0 bridgehead atoms. The Balaban J connectivity index is 2.50. The Morgan fingerprint density at radius 2 is 2.22 bits per heavy atom. The highest BCUT2D eigenvalue weighted by Crippen LogP contribution is 2.34. The van der Waals surface area contributed by atoms with Gasteiger partial charge in [0, 0.05) is 11.9 Å². The van der Waals surface area contributed by atoms with Gasteiger partial charge in [-0.2, -0.15) is 0 Å². The normalized spacial score (nSPS) is 13.8. The van der Waals surface area contributed by atoms with E-state index in [1.54, 1.807) is 0 Å². The fourth-order valence-electron chi connectivity index (χ4n) is 1.26. The van der Waals surface area contributed by atoms with Gasteiger partial charge < -0.3 is 0 Å². The molecule has 0 saturated carbocycles. The Hall–Kier alpha value is 0.860. The van der Waals surface area contributed by atoms with Crippen molar-refractivity contribution in [1.29, 1.82) is 0 Å². The van der Waals surface area contributed by atoms with Crippen molar-refractivity contribution in [2.45, 2.75) is 24.0 Å². The number of nitrogens with one attached hydrogen (secondary N) is 1.